The Morgan fingerprint density at radius 1 is 1.35 bits per heavy atom. The minimum absolute atomic E-state index is 0.0807. The van der Waals surface area contributed by atoms with Gasteiger partial charge in [-0.25, -0.2) is 4.79 Å². The molecule has 98 valence electrons. The molecule has 1 amide bonds. The van der Waals surface area contributed by atoms with Gasteiger partial charge in [0.2, 0.25) is 5.91 Å². The Hall–Kier alpha value is -1.67. The van der Waals surface area contributed by atoms with Crippen molar-refractivity contribution in [2.45, 2.75) is 24.9 Å². The Morgan fingerprint density at radius 3 is 2.35 bits per heavy atom. The van der Waals surface area contributed by atoms with Crippen molar-refractivity contribution in [3.8, 4) is 0 Å². The van der Waals surface area contributed by atoms with Crippen molar-refractivity contribution in [3.63, 3.8) is 0 Å². The summed E-state index contributed by atoms with van der Waals surface area (Å²) in [5.74, 6) is -3.26. The number of hydrogen-bond donors (Lipinski definition) is 4. The van der Waals surface area contributed by atoms with E-state index in [-0.39, 0.29) is 13.0 Å². The molecule has 0 saturated heterocycles. The van der Waals surface area contributed by atoms with Gasteiger partial charge in [0.05, 0.1) is 12.5 Å². The number of aliphatic carboxylic acids is 2. The molecular formula is C9H16N2O6. The molecule has 0 radical (unpaired) electrons. The third-order valence-electron chi connectivity index (χ3n) is 1.96. The van der Waals surface area contributed by atoms with Crippen molar-refractivity contribution in [1.82, 2.24) is 5.32 Å². The molecule has 0 fully saturated rings. The van der Waals surface area contributed by atoms with Gasteiger partial charge in [0.25, 0.3) is 0 Å². The Bertz CT molecular complexity index is 293. The summed E-state index contributed by atoms with van der Waals surface area (Å²) in [5, 5.41) is 19.4. The second kappa shape index (κ2) is 7.58. The maximum Gasteiger partial charge on any atom is 0.326 e. The second-order valence-corrected chi connectivity index (χ2v) is 3.39. The number of hydrogen-bond acceptors (Lipinski definition) is 5. The minimum Gasteiger partial charge on any atom is -0.481 e. The highest BCUT2D eigenvalue weighted by molar-refractivity contribution is 5.89. The molecule has 8 nitrogen and oxygen atoms in total. The highest BCUT2D eigenvalue weighted by atomic mass is 16.5. The van der Waals surface area contributed by atoms with E-state index >= 15 is 0 Å². The monoisotopic (exact) mass is 248 g/mol. The van der Waals surface area contributed by atoms with Crippen LogP contribution in [0.15, 0.2) is 0 Å². The first kappa shape index (κ1) is 15.3. The summed E-state index contributed by atoms with van der Waals surface area (Å²) in [6.07, 6.45) is -0.472. The lowest BCUT2D eigenvalue weighted by atomic mass is 10.1. The van der Waals surface area contributed by atoms with Crippen LogP contribution in [0.25, 0.3) is 0 Å². The Morgan fingerprint density at radius 2 is 1.94 bits per heavy atom. The number of rotatable bonds is 8. The van der Waals surface area contributed by atoms with Gasteiger partial charge in [-0.2, -0.15) is 0 Å². The second-order valence-electron chi connectivity index (χ2n) is 3.39. The molecule has 2 unspecified atom stereocenters. The zero-order chi connectivity index (χ0) is 13.4. The van der Waals surface area contributed by atoms with Gasteiger partial charge < -0.3 is 26.0 Å². The van der Waals surface area contributed by atoms with Crippen molar-refractivity contribution >= 4 is 17.8 Å². The summed E-state index contributed by atoms with van der Waals surface area (Å²) < 4.78 is 4.69. The lowest BCUT2D eigenvalue weighted by Gasteiger charge is -2.16. The quantitative estimate of drug-likeness (QED) is 0.405. The van der Waals surface area contributed by atoms with Gasteiger partial charge in [0, 0.05) is 20.1 Å². The summed E-state index contributed by atoms with van der Waals surface area (Å²) in [4.78, 5) is 32.4. The summed E-state index contributed by atoms with van der Waals surface area (Å²) in [7, 11) is 1.40. The van der Waals surface area contributed by atoms with E-state index in [2.05, 4.69) is 10.1 Å². The smallest absolute Gasteiger partial charge is 0.326 e. The number of methoxy groups -OCH3 is 1. The Balaban J connectivity index is 4.29. The molecule has 0 aliphatic carbocycles. The lowest BCUT2D eigenvalue weighted by molar-refractivity contribution is -0.143. The zero-order valence-electron chi connectivity index (χ0n) is 9.38. The number of carboxylic acid groups (broad SMARTS) is 2. The van der Waals surface area contributed by atoms with E-state index in [1.807, 2.05) is 0 Å². The number of carbonyl (C=O) groups is 3. The number of amides is 1. The molecule has 0 aromatic rings. The first-order chi connectivity index (χ1) is 7.88. The van der Waals surface area contributed by atoms with E-state index in [0.29, 0.717) is 0 Å². The van der Waals surface area contributed by atoms with Gasteiger partial charge in [-0.3, -0.25) is 9.59 Å². The molecule has 5 N–H and O–H groups in total. The van der Waals surface area contributed by atoms with Crippen LogP contribution in [-0.2, 0) is 19.1 Å². The van der Waals surface area contributed by atoms with Crippen LogP contribution < -0.4 is 11.1 Å². The number of carboxylic acids is 2. The molecule has 0 spiro atoms. The third kappa shape index (κ3) is 6.48. The SMILES string of the molecule is COCCC(NC(=O)C(N)CC(=O)O)C(=O)O. The fraction of sp³-hybridized carbons (Fsp3) is 0.667. The fourth-order valence-corrected chi connectivity index (χ4v) is 1.05. The van der Waals surface area contributed by atoms with Gasteiger partial charge in [-0.15, -0.1) is 0 Å². The lowest BCUT2D eigenvalue weighted by Crippen LogP contribution is -2.49. The van der Waals surface area contributed by atoms with Crippen molar-refractivity contribution < 1.29 is 29.3 Å². The molecule has 0 aromatic carbocycles. The van der Waals surface area contributed by atoms with Crippen LogP contribution >= 0.6 is 0 Å². The van der Waals surface area contributed by atoms with Gasteiger partial charge in [-0.05, 0) is 0 Å². The van der Waals surface area contributed by atoms with Gasteiger partial charge >= 0.3 is 11.9 Å². The number of carbonyl (C=O) groups excluding carboxylic acids is 1. The maximum atomic E-state index is 11.4. The van der Waals surface area contributed by atoms with E-state index in [9.17, 15) is 14.4 Å². The Kier molecular flexibility index (Phi) is 6.83. The van der Waals surface area contributed by atoms with Gasteiger partial charge in [-0.1, -0.05) is 0 Å². The standard InChI is InChI=1S/C9H16N2O6/c1-17-3-2-6(9(15)16)11-8(14)5(10)4-7(12)13/h5-6H,2-4,10H2,1H3,(H,11,14)(H,12,13)(H,15,16). The molecule has 0 bridgehead atoms. The van der Waals surface area contributed by atoms with Crippen LogP contribution in [-0.4, -0.2) is 53.9 Å². The van der Waals surface area contributed by atoms with Crippen LogP contribution in [0.3, 0.4) is 0 Å². The Labute approximate surface area is 97.7 Å². The molecule has 17 heavy (non-hydrogen) atoms. The fourth-order valence-electron chi connectivity index (χ4n) is 1.05. The molecular weight excluding hydrogens is 232 g/mol. The van der Waals surface area contributed by atoms with E-state index in [0.717, 1.165) is 0 Å². The van der Waals surface area contributed by atoms with Crippen LogP contribution in [0.1, 0.15) is 12.8 Å². The first-order valence-corrected chi connectivity index (χ1v) is 4.88. The molecule has 8 heteroatoms. The third-order valence-corrected chi connectivity index (χ3v) is 1.96. The zero-order valence-corrected chi connectivity index (χ0v) is 9.38. The number of nitrogens with one attached hydrogen (secondary N) is 1. The molecule has 0 aliphatic heterocycles. The van der Waals surface area contributed by atoms with Crippen molar-refractivity contribution in [1.29, 1.82) is 0 Å². The largest absolute Gasteiger partial charge is 0.481 e. The van der Waals surface area contributed by atoms with Gasteiger partial charge in [0.15, 0.2) is 0 Å². The topological polar surface area (TPSA) is 139 Å². The average Bonchev–Trinajstić information content (AvgIpc) is 2.22. The number of nitrogens with two attached hydrogens (primary N) is 1. The molecule has 0 aromatic heterocycles. The summed E-state index contributed by atoms with van der Waals surface area (Å²) >= 11 is 0. The van der Waals surface area contributed by atoms with Gasteiger partial charge in [0.1, 0.15) is 6.04 Å². The van der Waals surface area contributed by atoms with E-state index in [1.54, 1.807) is 0 Å². The summed E-state index contributed by atoms with van der Waals surface area (Å²) in [5.41, 5.74) is 5.28. The molecule has 0 aliphatic rings. The average molecular weight is 248 g/mol. The molecule has 0 saturated carbocycles. The van der Waals surface area contributed by atoms with Crippen molar-refractivity contribution in [2.24, 2.45) is 5.73 Å². The molecule has 2 atom stereocenters. The summed E-state index contributed by atoms with van der Waals surface area (Å²) in [6, 6.07) is -2.40. The minimum atomic E-state index is -1.27. The van der Waals surface area contributed by atoms with E-state index < -0.39 is 36.4 Å². The summed E-state index contributed by atoms with van der Waals surface area (Å²) in [6.45, 7) is 0.158. The molecule has 0 heterocycles. The highest BCUT2D eigenvalue weighted by Gasteiger charge is 2.24. The predicted molar refractivity (Wildman–Crippen MR) is 56.3 cm³/mol. The van der Waals surface area contributed by atoms with Crippen LogP contribution in [0.2, 0.25) is 0 Å². The highest BCUT2D eigenvalue weighted by Crippen LogP contribution is 1.96. The van der Waals surface area contributed by atoms with Crippen molar-refractivity contribution in [2.75, 3.05) is 13.7 Å². The van der Waals surface area contributed by atoms with E-state index in [1.165, 1.54) is 7.11 Å². The van der Waals surface area contributed by atoms with Crippen LogP contribution in [0.4, 0.5) is 0 Å². The maximum absolute atomic E-state index is 11.4. The first-order valence-electron chi connectivity index (χ1n) is 4.88. The van der Waals surface area contributed by atoms with Crippen molar-refractivity contribution in [3.05, 3.63) is 0 Å². The van der Waals surface area contributed by atoms with E-state index in [4.69, 9.17) is 15.9 Å². The van der Waals surface area contributed by atoms with Crippen LogP contribution in [0, 0.1) is 0 Å². The van der Waals surface area contributed by atoms with Crippen LogP contribution in [0.5, 0.6) is 0 Å². The number of ether oxygens (including phenoxy) is 1. The molecule has 0 rings (SSSR count). The predicted octanol–water partition coefficient (Wildman–Crippen LogP) is -1.61. The normalized spacial score (nSPS) is 13.8.